The molecule has 3 nitrogen and oxygen atoms in total. The van der Waals surface area contributed by atoms with Gasteiger partial charge in [0.15, 0.2) is 0 Å². The quantitative estimate of drug-likeness (QED) is 0.807. The lowest BCUT2D eigenvalue weighted by Crippen LogP contribution is -2.11. The predicted molar refractivity (Wildman–Crippen MR) is 57.5 cm³/mol. The summed E-state index contributed by atoms with van der Waals surface area (Å²) in [5.41, 5.74) is 6.77. The van der Waals surface area contributed by atoms with Crippen molar-refractivity contribution in [3.63, 3.8) is 0 Å². The highest BCUT2D eigenvalue weighted by Gasteiger charge is 2.06. The summed E-state index contributed by atoms with van der Waals surface area (Å²) in [4.78, 5) is 10.3. The molecule has 1 atom stereocenters. The largest absolute Gasteiger partial charge is 0.481 e. The number of hydrogen-bond donors (Lipinski definition) is 2. The second-order valence-corrected chi connectivity index (χ2v) is 2.95. The zero-order chi connectivity index (χ0) is 9.68. The van der Waals surface area contributed by atoms with Gasteiger partial charge in [0, 0.05) is 12.5 Å². The summed E-state index contributed by atoms with van der Waals surface area (Å²) in [6.07, 6.45) is 0.607. The van der Waals surface area contributed by atoms with Crippen molar-refractivity contribution in [2.45, 2.75) is 18.9 Å². The van der Waals surface area contributed by atoms with Gasteiger partial charge in [-0.15, -0.1) is 12.4 Å². The van der Waals surface area contributed by atoms with E-state index < -0.39 is 5.97 Å². The van der Waals surface area contributed by atoms with Gasteiger partial charge in [-0.25, -0.2) is 0 Å². The Bertz CT molecular complexity index is 277. The van der Waals surface area contributed by atoms with E-state index in [0.29, 0.717) is 6.42 Å². The van der Waals surface area contributed by atoms with Crippen LogP contribution in [0, 0.1) is 0 Å². The van der Waals surface area contributed by atoms with Crippen molar-refractivity contribution < 1.29 is 9.90 Å². The van der Waals surface area contributed by atoms with E-state index in [4.69, 9.17) is 10.8 Å². The van der Waals surface area contributed by atoms with E-state index in [1.54, 1.807) is 0 Å². The van der Waals surface area contributed by atoms with Crippen LogP contribution in [0.4, 0.5) is 0 Å². The molecule has 0 aliphatic rings. The molecule has 0 heterocycles. The van der Waals surface area contributed by atoms with Gasteiger partial charge in [0.25, 0.3) is 0 Å². The first-order valence-electron chi connectivity index (χ1n) is 4.22. The predicted octanol–water partition coefficient (Wildman–Crippen LogP) is 1.97. The van der Waals surface area contributed by atoms with Crippen LogP contribution in [0.3, 0.4) is 0 Å². The summed E-state index contributed by atoms with van der Waals surface area (Å²) < 4.78 is 0. The van der Waals surface area contributed by atoms with Crippen LogP contribution in [0.2, 0.25) is 0 Å². The summed E-state index contributed by atoms with van der Waals surface area (Å²) in [6.45, 7) is 0. The lowest BCUT2D eigenvalue weighted by molar-refractivity contribution is -0.137. The Labute approximate surface area is 89.3 Å². The number of carbonyl (C=O) groups is 1. The number of carboxylic acid groups (broad SMARTS) is 1. The minimum Gasteiger partial charge on any atom is -0.481 e. The Balaban J connectivity index is 0.00000169. The molecule has 3 N–H and O–H groups in total. The monoisotopic (exact) mass is 215 g/mol. The third-order valence-corrected chi connectivity index (χ3v) is 1.90. The van der Waals surface area contributed by atoms with Crippen LogP contribution in [-0.2, 0) is 4.79 Å². The molecule has 0 fully saturated rings. The topological polar surface area (TPSA) is 63.3 Å². The summed E-state index contributed by atoms with van der Waals surface area (Å²) in [7, 11) is 0. The highest BCUT2D eigenvalue weighted by Crippen LogP contribution is 2.14. The molecule has 1 rings (SSSR count). The zero-order valence-corrected chi connectivity index (χ0v) is 8.54. The van der Waals surface area contributed by atoms with E-state index in [0.717, 1.165) is 5.56 Å². The van der Waals surface area contributed by atoms with Crippen molar-refractivity contribution in [1.29, 1.82) is 0 Å². The van der Waals surface area contributed by atoms with Gasteiger partial charge >= 0.3 is 5.97 Å². The number of benzene rings is 1. The molecule has 78 valence electrons. The van der Waals surface area contributed by atoms with Crippen LogP contribution >= 0.6 is 12.4 Å². The van der Waals surface area contributed by atoms with Gasteiger partial charge in [0.05, 0.1) is 0 Å². The first-order valence-corrected chi connectivity index (χ1v) is 4.22. The van der Waals surface area contributed by atoms with Crippen molar-refractivity contribution in [3.05, 3.63) is 35.9 Å². The van der Waals surface area contributed by atoms with E-state index in [2.05, 4.69) is 0 Å². The van der Waals surface area contributed by atoms with Gasteiger partial charge in [0.1, 0.15) is 0 Å². The van der Waals surface area contributed by atoms with Crippen LogP contribution in [0.15, 0.2) is 30.3 Å². The fraction of sp³-hybridized carbons (Fsp3) is 0.300. The molecule has 0 unspecified atom stereocenters. The van der Waals surface area contributed by atoms with Gasteiger partial charge in [-0.3, -0.25) is 4.79 Å². The molecule has 0 amide bonds. The van der Waals surface area contributed by atoms with Crippen LogP contribution in [0.1, 0.15) is 24.4 Å². The molecular formula is C10H14ClNO2. The first-order chi connectivity index (χ1) is 6.20. The summed E-state index contributed by atoms with van der Waals surface area (Å²) >= 11 is 0. The van der Waals surface area contributed by atoms with Crippen molar-refractivity contribution in [2.24, 2.45) is 5.73 Å². The maximum atomic E-state index is 10.3. The number of halogens is 1. The fourth-order valence-corrected chi connectivity index (χ4v) is 1.15. The molecule has 1 aromatic carbocycles. The van der Waals surface area contributed by atoms with Crippen molar-refractivity contribution >= 4 is 18.4 Å². The van der Waals surface area contributed by atoms with Crippen molar-refractivity contribution in [3.8, 4) is 0 Å². The first kappa shape index (κ1) is 12.9. The average Bonchev–Trinajstić information content (AvgIpc) is 2.15. The molecule has 0 saturated heterocycles. The highest BCUT2D eigenvalue weighted by molar-refractivity contribution is 5.85. The average molecular weight is 216 g/mol. The smallest absolute Gasteiger partial charge is 0.303 e. The maximum Gasteiger partial charge on any atom is 0.303 e. The second-order valence-electron chi connectivity index (χ2n) is 2.95. The summed E-state index contributed by atoms with van der Waals surface area (Å²) in [5, 5.41) is 8.45. The van der Waals surface area contributed by atoms with Crippen molar-refractivity contribution in [1.82, 2.24) is 0 Å². The Kier molecular flexibility index (Phi) is 5.92. The van der Waals surface area contributed by atoms with Crippen LogP contribution in [0.5, 0.6) is 0 Å². The van der Waals surface area contributed by atoms with Gasteiger partial charge in [-0.2, -0.15) is 0 Å². The Morgan fingerprint density at radius 3 is 2.43 bits per heavy atom. The lowest BCUT2D eigenvalue weighted by Gasteiger charge is -2.09. The van der Waals surface area contributed by atoms with Gasteiger partial charge < -0.3 is 10.8 Å². The number of carboxylic acids is 1. The molecule has 0 spiro atoms. The SMILES string of the molecule is Cl.N[C@@H](CCC(=O)O)c1ccccc1. The Morgan fingerprint density at radius 2 is 1.93 bits per heavy atom. The number of nitrogens with two attached hydrogens (primary N) is 1. The van der Waals surface area contributed by atoms with Crippen LogP contribution in [-0.4, -0.2) is 11.1 Å². The maximum absolute atomic E-state index is 10.3. The lowest BCUT2D eigenvalue weighted by atomic mass is 10.0. The summed E-state index contributed by atoms with van der Waals surface area (Å²) in [6, 6.07) is 9.36. The number of aliphatic carboxylic acids is 1. The second kappa shape index (κ2) is 6.40. The number of rotatable bonds is 4. The molecule has 14 heavy (non-hydrogen) atoms. The van der Waals surface area contributed by atoms with Gasteiger partial charge in [-0.05, 0) is 12.0 Å². The minimum atomic E-state index is -0.800. The van der Waals surface area contributed by atoms with Gasteiger partial charge in [0.2, 0.25) is 0 Å². The third kappa shape index (κ3) is 4.25. The van der Waals surface area contributed by atoms with Crippen LogP contribution < -0.4 is 5.73 Å². The molecular weight excluding hydrogens is 202 g/mol. The molecule has 1 aromatic rings. The third-order valence-electron chi connectivity index (χ3n) is 1.90. The summed E-state index contributed by atoms with van der Waals surface area (Å²) in [5.74, 6) is -0.800. The van der Waals surface area contributed by atoms with Crippen LogP contribution in [0.25, 0.3) is 0 Å². The molecule has 0 aliphatic heterocycles. The molecule has 0 radical (unpaired) electrons. The normalized spacial score (nSPS) is 11.5. The Hall–Kier alpha value is -1.06. The molecule has 0 aliphatic carbocycles. The fourth-order valence-electron chi connectivity index (χ4n) is 1.15. The van der Waals surface area contributed by atoms with E-state index in [-0.39, 0.29) is 24.9 Å². The van der Waals surface area contributed by atoms with E-state index in [1.165, 1.54) is 0 Å². The molecule has 0 aromatic heterocycles. The van der Waals surface area contributed by atoms with E-state index in [1.807, 2.05) is 30.3 Å². The minimum absolute atomic E-state index is 0. The van der Waals surface area contributed by atoms with E-state index in [9.17, 15) is 4.79 Å². The van der Waals surface area contributed by atoms with E-state index >= 15 is 0 Å². The van der Waals surface area contributed by atoms with Gasteiger partial charge in [-0.1, -0.05) is 30.3 Å². The highest BCUT2D eigenvalue weighted by atomic mass is 35.5. The van der Waals surface area contributed by atoms with Crippen molar-refractivity contribution in [2.75, 3.05) is 0 Å². The molecule has 0 bridgehead atoms. The Morgan fingerprint density at radius 1 is 1.36 bits per heavy atom. The number of hydrogen-bond acceptors (Lipinski definition) is 2. The zero-order valence-electron chi connectivity index (χ0n) is 7.72. The molecule has 0 saturated carbocycles. The molecule has 4 heteroatoms. The standard InChI is InChI=1S/C10H13NO2.ClH/c11-9(6-7-10(12)13)8-4-2-1-3-5-8;/h1-5,9H,6-7,11H2,(H,12,13);1H/t9-;/m0./s1.